The highest BCUT2D eigenvalue weighted by molar-refractivity contribution is 7.90. The maximum atomic E-state index is 11.4. The van der Waals surface area contributed by atoms with E-state index in [1.807, 2.05) is 0 Å². The summed E-state index contributed by atoms with van der Waals surface area (Å²) in [5.74, 6) is 0. The van der Waals surface area contributed by atoms with Gasteiger partial charge in [-0.2, -0.15) is 4.31 Å². The van der Waals surface area contributed by atoms with Crippen LogP contribution in [0.1, 0.15) is 19.3 Å². The lowest BCUT2D eigenvalue weighted by atomic mass is 10.1. The molecule has 0 spiro atoms. The number of nitrogens with zero attached hydrogens (tertiary/aromatic N) is 1. The van der Waals surface area contributed by atoms with Crippen LogP contribution in [0, 0.1) is 0 Å². The molecule has 0 aromatic rings. The van der Waals surface area contributed by atoms with Gasteiger partial charge < -0.3 is 5.11 Å². The number of piperidine rings is 1. The summed E-state index contributed by atoms with van der Waals surface area (Å²) >= 11 is 5.34. The summed E-state index contributed by atoms with van der Waals surface area (Å²) in [6.07, 6.45) is 2.55. The van der Waals surface area contributed by atoms with E-state index >= 15 is 0 Å². The van der Waals surface area contributed by atoms with Gasteiger partial charge in [0.15, 0.2) is 0 Å². The van der Waals surface area contributed by atoms with E-state index in [9.17, 15) is 8.42 Å². The zero-order valence-corrected chi connectivity index (χ0v) is 8.89. The highest BCUT2D eigenvalue weighted by atomic mass is 35.5. The molecule has 6 heteroatoms. The third kappa shape index (κ3) is 2.56. The van der Waals surface area contributed by atoms with Gasteiger partial charge in [-0.15, -0.1) is 11.6 Å². The average Bonchev–Trinajstić information content (AvgIpc) is 2.18. The van der Waals surface area contributed by atoms with Gasteiger partial charge in [-0.1, -0.05) is 6.42 Å². The molecule has 4 nitrogen and oxygen atoms in total. The molecule has 0 radical (unpaired) electrons. The molecule has 13 heavy (non-hydrogen) atoms. The van der Waals surface area contributed by atoms with Crippen LogP contribution >= 0.6 is 11.6 Å². The molecule has 78 valence electrons. The molecule has 1 heterocycles. The lowest BCUT2D eigenvalue weighted by Crippen LogP contribution is -2.45. The van der Waals surface area contributed by atoms with E-state index < -0.39 is 15.2 Å². The van der Waals surface area contributed by atoms with Crippen LogP contribution in [0.3, 0.4) is 0 Å². The van der Waals surface area contributed by atoms with Gasteiger partial charge >= 0.3 is 0 Å². The Balaban J connectivity index is 2.75. The third-order valence-corrected chi connectivity index (χ3v) is 4.58. The number of hydrogen-bond acceptors (Lipinski definition) is 3. The minimum absolute atomic E-state index is 0.115. The van der Waals surface area contributed by atoms with Crippen LogP contribution in [-0.2, 0) is 10.0 Å². The Labute approximate surface area is 83.5 Å². The molecule has 0 aromatic carbocycles. The van der Waals surface area contributed by atoms with Crippen LogP contribution < -0.4 is 0 Å². The SMILES string of the molecule is O=S(=O)(CCl)N1CCCCC1CO. The summed E-state index contributed by atoms with van der Waals surface area (Å²) in [5, 5.41) is 8.57. The standard InChI is InChI=1S/C7H14ClNO3S/c8-6-13(11,12)9-4-2-1-3-7(9)5-10/h7,10H,1-6H2. The summed E-state index contributed by atoms with van der Waals surface area (Å²) < 4.78 is 24.1. The van der Waals surface area contributed by atoms with E-state index in [1.165, 1.54) is 4.31 Å². The van der Waals surface area contributed by atoms with E-state index in [0.717, 1.165) is 19.3 Å². The number of rotatable bonds is 3. The fourth-order valence-corrected chi connectivity index (χ4v) is 3.12. The number of aliphatic hydroxyl groups is 1. The normalized spacial score (nSPS) is 26.2. The van der Waals surface area contributed by atoms with E-state index in [-0.39, 0.29) is 12.6 Å². The quantitative estimate of drug-likeness (QED) is 0.709. The lowest BCUT2D eigenvalue weighted by Gasteiger charge is -2.32. The van der Waals surface area contributed by atoms with Crippen LogP contribution in [0.5, 0.6) is 0 Å². The second-order valence-corrected chi connectivity index (χ2v) is 5.67. The summed E-state index contributed by atoms with van der Waals surface area (Å²) in [5.41, 5.74) is 0. The van der Waals surface area contributed by atoms with Crippen molar-refractivity contribution in [3.8, 4) is 0 Å². The van der Waals surface area contributed by atoms with Crippen molar-refractivity contribution in [3.63, 3.8) is 0 Å². The molecule has 1 unspecified atom stereocenters. The van der Waals surface area contributed by atoms with Crippen molar-refractivity contribution in [2.75, 3.05) is 18.4 Å². The maximum Gasteiger partial charge on any atom is 0.228 e. The fraction of sp³-hybridized carbons (Fsp3) is 1.00. The third-order valence-electron chi connectivity index (χ3n) is 2.28. The number of sulfonamides is 1. The summed E-state index contributed by atoms with van der Waals surface area (Å²) in [6.45, 7) is 0.371. The van der Waals surface area contributed by atoms with Crippen molar-refractivity contribution < 1.29 is 13.5 Å². The molecule has 0 aliphatic carbocycles. The predicted octanol–water partition coefficient (Wildman–Crippen LogP) is 0.359. The highest BCUT2D eigenvalue weighted by Crippen LogP contribution is 2.20. The number of aliphatic hydroxyl groups excluding tert-OH is 1. The number of halogens is 1. The molecule has 1 fully saturated rings. The van der Waals surface area contributed by atoms with Crippen molar-refractivity contribution in [3.05, 3.63) is 0 Å². The fourth-order valence-electron chi connectivity index (χ4n) is 1.59. The zero-order chi connectivity index (χ0) is 9.90. The molecule has 1 aliphatic rings. The minimum Gasteiger partial charge on any atom is -0.395 e. The van der Waals surface area contributed by atoms with Gasteiger partial charge in [-0.3, -0.25) is 0 Å². The van der Waals surface area contributed by atoms with Crippen LogP contribution in [0.25, 0.3) is 0 Å². The van der Waals surface area contributed by atoms with E-state index in [1.54, 1.807) is 0 Å². The molecule has 1 saturated heterocycles. The van der Waals surface area contributed by atoms with Crippen molar-refractivity contribution in [1.29, 1.82) is 0 Å². The van der Waals surface area contributed by atoms with E-state index in [4.69, 9.17) is 16.7 Å². The largest absolute Gasteiger partial charge is 0.395 e. The molecule has 1 aliphatic heterocycles. The second-order valence-electron chi connectivity index (χ2n) is 3.16. The summed E-state index contributed by atoms with van der Waals surface area (Å²) in [7, 11) is -3.34. The Morgan fingerprint density at radius 1 is 1.46 bits per heavy atom. The summed E-state index contributed by atoms with van der Waals surface area (Å²) in [4.78, 5) is 0. The van der Waals surface area contributed by atoms with Gasteiger partial charge in [-0.05, 0) is 12.8 Å². The monoisotopic (exact) mass is 227 g/mol. The average molecular weight is 228 g/mol. The molecular formula is C7H14ClNO3S. The number of hydrogen-bond donors (Lipinski definition) is 1. The lowest BCUT2D eigenvalue weighted by molar-refractivity contribution is 0.155. The first-order valence-corrected chi connectivity index (χ1v) is 6.42. The Kier molecular flexibility index (Phi) is 3.97. The van der Waals surface area contributed by atoms with Crippen LogP contribution in [-0.4, -0.2) is 42.2 Å². The topological polar surface area (TPSA) is 57.6 Å². The van der Waals surface area contributed by atoms with Crippen LogP contribution in [0.2, 0.25) is 0 Å². The van der Waals surface area contributed by atoms with Crippen molar-refractivity contribution in [2.45, 2.75) is 25.3 Å². The maximum absolute atomic E-state index is 11.4. The smallest absolute Gasteiger partial charge is 0.228 e. The van der Waals surface area contributed by atoms with E-state index in [0.29, 0.717) is 6.54 Å². The Morgan fingerprint density at radius 2 is 2.15 bits per heavy atom. The molecule has 0 bridgehead atoms. The molecule has 1 atom stereocenters. The molecule has 0 saturated carbocycles. The van der Waals surface area contributed by atoms with Gasteiger partial charge in [0, 0.05) is 12.6 Å². The van der Waals surface area contributed by atoms with Gasteiger partial charge in [-0.25, -0.2) is 8.42 Å². The second kappa shape index (κ2) is 4.59. The summed E-state index contributed by atoms with van der Waals surface area (Å²) in [6, 6.07) is -0.266. The van der Waals surface area contributed by atoms with Gasteiger partial charge in [0.05, 0.1) is 6.61 Å². The molecular weight excluding hydrogens is 214 g/mol. The number of alkyl halides is 1. The molecule has 1 N–H and O–H groups in total. The highest BCUT2D eigenvalue weighted by Gasteiger charge is 2.30. The first-order chi connectivity index (χ1) is 6.11. The Hall–Kier alpha value is 0.160. The molecule has 0 aromatic heterocycles. The zero-order valence-electron chi connectivity index (χ0n) is 7.32. The predicted molar refractivity (Wildman–Crippen MR) is 51.1 cm³/mol. The van der Waals surface area contributed by atoms with Crippen molar-refractivity contribution >= 4 is 21.6 Å². The van der Waals surface area contributed by atoms with Crippen molar-refractivity contribution in [2.24, 2.45) is 0 Å². The van der Waals surface area contributed by atoms with Crippen LogP contribution in [0.15, 0.2) is 0 Å². The first kappa shape index (κ1) is 11.2. The minimum atomic E-state index is -3.34. The molecule has 1 rings (SSSR count). The Bertz CT molecular complexity index is 254. The van der Waals surface area contributed by atoms with Crippen molar-refractivity contribution in [1.82, 2.24) is 4.31 Å². The van der Waals surface area contributed by atoms with Gasteiger partial charge in [0.25, 0.3) is 0 Å². The van der Waals surface area contributed by atoms with Gasteiger partial charge in [0.2, 0.25) is 10.0 Å². The van der Waals surface area contributed by atoms with Crippen LogP contribution in [0.4, 0.5) is 0 Å². The Morgan fingerprint density at radius 3 is 2.69 bits per heavy atom. The first-order valence-electron chi connectivity index (χ1n) is 4.28. The van der Waals surface area contributed by atoms with E-state index in [2.05, 4.69) is 0 Å². The molecule has 0 amide bonds. The van der Waals surface area contributed by atoms with Gasteiger partial charge in [0.1, 0.15) is 5.21 Å².